The Balaban J connectivity index is 2.85. The fourth-order valence-electron chi connectivity index (χ4n) is 1.84. The lowest BCUT2D eigenvalue weighted by atomic mass is 9.90. The van der Waals surface area contributed by atoms with Gasteiger partial charge in [0.1, 0.15) is 5.39 Å². The van der Waals surface area contributed by atoms with Gasteiger partial charge in [-0.25, -0.2) is 4.98 Å². The highest BCUT2D eigenvalue weighted by Gasteiger charge is 2.25. The van der Waals surface area contributed by atoms with Gasteiger partial charge in [0.2, 0.25) is 0 Å². The van der Waals surface area contributed by atoms with Crippen LogP contribution in [0.1, 0.15) is 47.2 Å². The van der Waals surface area contributed by atoms with E-state index >= 15 is 0 Å². The molecule has 0 aliphatic heterocycles. The average Bonchev–Trinajstić information content (AvgIpc) is 2.59. The monoisotopic (exact) mass is 265 g/mol. The van der Waals surface area contributed by atoms with Gasteiger partial charge in [0.05, 0.1) is 12.0 Å². The first kappa shape index (κ1) is 13.2. The van der Waals surface area contributed by atoms with Gasteiger partial charge in [-0.05, 0) is 32.3 Å². The molecule has 0 N–H and O–H groups in total. The Kier molecular flexibility index (Phi) is 2.85. The third-order valence-corrected chi connectivity index (χ3v) is 3.59. The summed E-state index contributed by atoms with van der Waals surface area (Å²) in [6, 6.07) is 0. The van der Waals surface area contributed by atoms with Crippen molar-refractivity contribution in [3.63, 3.8) is 0 Å². The topological polar surface area (TPSA) is 47.8 Å². The number of aromatic nitrogens is 3. The summed E-state index contributed by atoms with van der Waals surface area (Å²) in [5.74, 6) is 0. The minimum absolute atomic E-state index is 0.00572. The van der Waals surface area contributed by atoms with Crippen molar-refractivity contribution in [2.45, 2.75) is 52.5 Å². The summed E-state index contributed by atoms with van der Waals surface area (Å²) in [6.45, 7) is 12.2. The van der Waals surface area contributed by atoms with Crippen LogP contribution in [0.4, 0.5) is 0 Å². The molecule has 2 rings (SSSR count). The Bertz CT molecular complexity index is 641. The number of rotatable bonds is 0. The van der Waals surface area contributed by atoms with Crippen LogP contribution in [0.3, 0.4) is 0 Å². The van der Waals surface area contributed by atoms with Crippen LogP contribution in [0.2, 0.25) is 0 Å². The Morgan fingerprint density at radius 1 is 1.17 bits per heavy atom. The van der Waals surface area contributed by atoms with Crippen molar-refractivity contribution in [3.8, 4) is 0 Å². The smallest absolute Gasteiger partial charge is 0.264 e. The predicted octanol–water partition coefficient (Wildman–Crippen LogP) is 2.91. The van der Waals surface area contributed by atoms with E-state index in [1.807, 2.05) is 20.8 Å². The Morgan fingerprint density at radius 2 is 1.78 bits per heavy atom. The van der Waals surface area contributed by atoms with Crippen LogP contribution in [0.25, 0.3) is 10.2 Å². The van der Waals surface area contributed by atoms with Crippen molar-refractivity contribution in [2.24, 2.45) is 0 Å². The second-order valence-electron chi connectivity index (χ2n) is 6.55. The van der Waals surface area contributed by atoms with E-state index in [2.05, 4.69) is 30.1 Å². The number of hydrogen-bond donors (Lipinski definition) is 0. The maximum absolute atomic E-state index is 12.6. The number of hydrogen-bond acceptors (Lipinski definition) is 4. The summed E-state index contributed by atoms with van der Waals surface area (Å²) >= 11 is 1.30. The van der Waals surface area contributed by atoms with Gasteiger partial charge in [0.25, 0.3) is 5.56 Å². The largest absolute Gasteiger partial charge is 0.293 e. The van der Waals surface area contributed by atoms with Gasteiger partial charge in [0.15, 0.2) is 4.83 Å². The van der Waals surface area contributed by atoms with E-state index in [9.17, 15) is 4.79 Å². The molecule has 0 saturated carbocycles. The van der Waals surface area contributed by atoms with Crippen LogP contribution in [0.5, 0.6) is 0 Å². The summed E-state index contributed by atoms with van der Waals surface area (Å²) in [4.78, 5) is 17.7. The molecule has 0 unspecified atom stereocenters. The van der Waals surface area contributed by atoms with E-state index < -0.39 is 0 Å². The van der Waals surface area contributed by atoms with Gasteiger partial charge < -0.3 is 0 Å². The van der Waals surface area contributed by atoms with Crippen molar-refractivity contribution in [3.05, 3.63) is 22.4 Å². The first-order chi connectivity index (χ1) is 8.12. The molecule has 0 atom stereocenters. The van der Waals surface area contributed by atoms with Crippen LogP contribution in [-0.4, -0.2) is 13.9 Å². The molecule has 0 radical (unpaired) electrons. The zero-order valence-electron chi connectivity index (χ0n) is 11.7. The molecule has 2 heterocycles. The average molecular weight is 265 g/mol. The third kappa shape index (κ3) is 2.07. The third-order valence-electron chi connectivity index (χ3n) is 2.83. The molecule has 0 bridgehead atoms. The molecular weight excluding hydrogens is 246 g/mol. The lowest BCUT2D eigenvalue weighted by molar-refractivity contribution is 0.381. The Hall–Kier alpha value is -1.23. The molecule has 0 spiro atoms. The number of nitrogens with zero attached hydrogens (tertiary/aromatic N) is 3. The Labute approximate surface area is 111 Å². The van der Waals surface area contributed by atoms with Crippen LogP contribution >= 0.6 is 11.5 Å². The zero-order valence-corrected chi connectivity index (χ0v) is 12.6. The van der Waals surface area contributed by atoms with E-state index in [0.717, 1.165) is 10.5 Å². The van der Waals surface area contributed by atoms with Crippen LogP contribution in [0, 0.1) is 0 Å². The molecule has 2 aromatic rings. The minimum atomic E-state index is -0.268. The van der Waals surface area contributed by atoms with Gasteiger partial charge in [-0.15, -0.1) is 0 Å². The van der Waals surface area contributed by atoms with Gasteiger partial charge >= 0.3 is 0 Å². The molecule has 0 aliphatic carbocycles. The molecule has 0 saturated heterocycles. The lowest BCUT2D eigenvalue weighted by Gasteiger charge is -2.22. The molecule has 98 valence electrons. The Morgan fingerprint density at radius 3 is 2.28 bits per heavy atom. The minimum Gasteiger partial charge on any atom is -0.293 e. The highest BCUT2D eigenvalue weighted by atomic mass is 32.1. The van der Waals surface area contributed by atoms with Crippen LogP contribution in [-0.2, 0) is 11.0 Å². The van der Waals surface area contributed by atoms with Gasteiger partial charge in [-0.3, -0.25) is 9.36 Å². The summed E-state index contributed by atoms with van der Waals surface area (Å²) in [7, 11) is 0. The highest BCUT2D eigenvalue weighted by molar-refractivity contribution is 7.12. The molecule has 0 fully saturated rings. The van der Waals surface area contributed by atoms with Gasteiger partial charge in [-0.2, -0.15) is 4.37 Å². The molecule has 0 amide bonds. The van der Waals surface area contributed by atoms with Crippen molar-refractivity contribution < 1.29 is 0 Å². The zero-order chi connectivity index (χ0) is 13.7. The summed E-state index contributed by atoms with van der Waals surface area (Å²) in [5, 5.41) is 0.671. The van der Waals surface area contributed by atoms with Crippen molar-refractivity contribution in [1.82, 2.24) is 13.9 Å². The fraction of sp³-hybridized carbons (Fsp3) is 0.615. The maximum Gasteiger partial charge on any atom is 0.264 e. The molecule has 4 nitrogen and oxygen atoms in total. The molecule has 18 heavy (non-hydrogen) atoms. The first-order valence-corrected chi connectivity index (χ1v) is 6.78. The molecule has 0 aliphatic rings. The quantitative estimate of drug-likeness (QED) is 0.736. The lowest BCUT2D eigenvalue weighted by Crippen LogP contribution is -2.34. The van der Waals surface area contributed by atoms with Crippen molar-refractivity contribution in [1.29, 1.82) is 0 Å². The normalized spacial score (nSPS) is 13.2. The van der Waals surface area contributed by atoms with Gasteiger partial charge in [-0.1, -0.05) is 20.8 Å². The second-order valence-corrected chi connectivity index (χ2v) is 7.30. The number of fused-ring (bicyclic) bond motifs is 1. The van der Waals surface area contributed by atoms with Gasteiger partial charge in [0, 0.05) is 11.0 Å². The highest BCUT2D eigenvalue weighted by Crippen LogP contribution is 2.28. The van der Waals surface area contributed by atoms with Crippen LogP contribution < -0.4 is 5.56 Å². The van der Waals surface area contributed by atoms with Crippen molar-refractivity contribution in [2.75, 3.05) is 0 Å². The second kappa shape index (κ2) is 3.88. The predicted molar refractivity (Wildman–Crippen MR) is 75.4 cm³/mol. The van der Waals surface area contributed by atoms with E-state index in [1.165, 1.54) is 11.5 Å². The van der Waals surface area contributed by atoms with E-state index in [4.69, 9.17) is 0 Å². The molecular formula is C13H19N3OS. The summed E-state index contributed by atoms with van der Waals surface area (Å²) in [6.07, 6.45) is 1.62. The first-order valence-electron chi connectivity index (χ1n) is 6.00. The SMILES string of the molecule is CC(C)(C)c1nsc2ncn(C(C)(C)C)c(=O)c12. The van der Waals surface area contributed by atoms with Crippen LogP contribution in [0.15, 0.2) is 11.1 Å². The molecule has 2 aromatic heterocycles. The standard InChI is InChI=1S/C13H19N3OS/c1-12(2,3)9-8-10(18-15-9)14-7-16(11(8)17)13(4,5)6/h7H,1-6H3. The van der Waals surface area contributed by atoms with E-state index in [-0.39, 0.29) is 16.5 Å². The summed E-state index contributed by atoms with van der Waals surface area (Å²) in [5.41, 5.74) is 0.440. The molecule has 5 heteroatoms. The fourth-order valence-corrected chi connectivity index (χ4v) is 2.75. The molecule has 0 aromatic carbocycles. The summed E-state index contributed by atoms with van der Waals surface area (Å²) < 4.78 is 6.10. The van der Waals surface area contributed by atoms with Crippen molar-refractivity contribution >= 4 is 21.7 Å². The van der Waals surface area contributed by atoms with E-state index in [0.29, 0.717) is 5.39 Å². The maximum atomic E-state index is 12.6. The van der Waals surface area contributed by atoms with E-state index in [1.54, 1.807) is 10.9 Å².